The molecule has 0 aliphatic carbocycles. The van der Waals surface area contributed by atoms with Crippen LogP contribution in [0.5, 0.6) is 5.75 Å². The molecule has 1 aromatic heterocycles. The molecule has 1 aromatic rings. The summed E-state index contributed by atoms with van der Waals surface area (Å²) in [6.07, 6.45) is 4.79. The second-order valence-electron chi connectivity index (χ2n) is 4.23. The van der Waals surface area contributed by atoms with Crippen molar-refractivity contribution in [1.29, 1.82) is 0 Å². The van der Waals surface area contributed by atoms with Crippen molar-refractivity contribution in [2.24, 2.45) is 5.92 Å². The molecule has 0 bridgehead atoms. The molecule has 0 saturated carbocycles. The van der Waals surface area contributed by atoms with Gasteiger partial charge in [0.1, 0.15) is 6.20 Å². The first-order chi connectivity index (χ1) is 8.68. The van der Waals surface area contributed by atoms with Gasteiger partial charge in [-0.2, -0.15) is 0 Å². The molecule has 1 N–H and O–H groups in total. The third-order valence-electron chi connectivity index (χ3n) is 2.95. The van der Waals surface area contributed by atoms with Crippen molar-refractivity contribution in [3.05, 3.63) is 27.0 Å². The number of nitro groups is 1. The highest BCUT2D eigenvalue weighted by atomic mass is 79.9. The lowest BCUT2D eigenvalue weighted by Crippen LogP contribution is -2.30. The largest absolute Gasteiger partial charge is 0.486 e. The van der Waals surface area contributed by atoms with E-state index in [-0.39, 0.29) is 11.4 Å². The smallest absolute Gasteiger partial charge is 0.330 e. The number of nitrogens with zero attached hydrogens (tertiary/aromatic N) is 2. The molecule has 0 spiro atoms. The Morgan fingerprint density at radius 2 is 2.22 bits per heavy atom. The van der Waals surface area contributed by atoms with Crippen LogP contribution in [-0.4, -0.2) is 29.6 Å². The van der Waals surface area contributed by atoms with Crippen LogP contribution in [0.25, 0.3) is 0 Å². The first-order valence-corrected chi connectivity index (χ1v) is 6.59. The van der Waals surface area contributed by atoms with Crippen molar-refractivity contribution in [2.75, 3.05) is 19.7 Å². The van der Waals surface area contributed by atoms with Crippen LogP contribution in [0, 0.1) is 16.0 Å². The first kappa shape index (κ1) is 13.2. The van der Waals surface area contributed by atoms with E-state index in [1.165, 1.54) is 12.4 Å². The zero-order chi connectivity index (χ0) is 13.0. The van der Waals surface area contributed by atoms with E-state index in [1.54, 1.807) is 0 Å². The maximum absolute atomic E-state index is 10.9. The summed E-state index contributed by atoms with van der Waals surface area (Å²) in [5.74, 6) is 0.722. The van der Waals surface area contributed by atoms with Crippen LogP contribution in [0.3, 0.4) is 0 Å². The average molecular weight is 316 g/mol. The number of halogens is 1. The molecule has 1 aliphatic heterocycles. The molecule has 6 nitrogen and oxygen atoms in total. The van der Waals surface area contributed by atoms with Gasteiger partial charge in [0.2, 0.25) is 5.75 Å². The summed E-state index contributed by atoms with van der Waals surface area (Å²) in [4.78, 5) is 14.2. The van der Waals surface area contributed by atoms with E-state index in [0.29, 0.717) is 17.0 Å². The fraction of sp³-hybridized carbons (Fsp3) is 0.545. The van der Waals surface area contributed by atoms with E-state index in [0.717, 1.165) is 25.9 Å². The van der Waals surface area contributed by atoms with Crippen molar-refractivity contribution in [1.82, 2.24) is 10.3 Å². The van der Waals surface area contributed by atoms with Crippen LogP contribution < -0.4 is 10.1 Å². The van der Waals surface area contributed by atoms with Gasteiger partial charge in [0.05, 0.1) is 16.0 Å². The van der Waals surface area contributed by atoms with Crippen LogP contribution in [0.1, 0.15) is 12.8 Å². The summed E-state index contributed by atoms with van der Waals surface area (Å²) in [5.41, 5.74) is -0.0988. The molecular weight excluding hydrogens is 302 g/mol. The second-order valence-corrected chi connectivity index (χ2v) is 5.09. The average Bonchev–Trinajstić information content (AvgIpc) is 2.38. The Labute approximate surface area is 113 Å². The minimum atomic E-state index is -0.477. The maximum atomic E-state index is 10.9. The summed E-state index contributed by atoms with van der Waals surface area (Å²) in [5, 5.41) is 14.2. The Morgan fingerprint density at radius 1 is 1.50 bits per heavy atom. The fourth-order valence-electron chi connectivity index (χ4n) is 1.94. The van der Waals surface area contributed by atoms with Gasteiger partial charge in [-0.15, -0.1) is 0 Å². The van der Waals surface area contributed by atoms with Crippen LogP contribution >= 0.6 is 15.9 Å². The highest BCUT2D eigenvalue weighted by Gasteiger charge is 2.21. The molecule has 0 aromatic carbocycles. The fourth-order valence-corrected chi connectivity index (χ4v) is 2.37. The van der Waals surface area contributed by atoms with Crippen LogP contribution in [-0.2, 0) is 0 Å². The van der Waals surface area contributed by atoms with E-state index in [1.807, 2.05) is 0 Å². The van der Waals surface area contributed by atoms with Crippen molar-refractivity contribution in [3.8, 4) is 5.75 Å². The summed E-state index contributed by atoms with van der Waals surface area (Å²) in [7, 11) is 0. The van der Waals surface area contributed by atoms with Crippen LogP contribution in [0.15, 0.2) is 16.9 Å². The van der Waals surface area contributed by atoms with E-state index < -0.39 is 4.92 Å². The van der Waals surface area contributed by atoms with Gasteiger partial charge in [-0.05, 0) is 47.8 Å². The summed E-state index contributed by atoms with van der Waals surface area (Å²) in [6, 6.07) is 0. The number of hydrogen-bond acceptors (Lipinski definition) is 5. The quantitative estimate of drug-likeness (QED) is 0.680. The Morgan fingerprint density at radius 3 is 2.89 bits per heavy atom. The van der Waals surface area contributed by atoms with Crippen LogP contribution in [0.4, 0.5) is 5.69 Å². The Balaban J connectivity index is 2.05. The van der Waals surface area contributed by atoms with Gasteiger partial charge in [0, 0.05) is 6.20 Å². The maximum Gasteiger partial charge on any atom is 0.330 e. The lowest BCUT2D eigenvalue weighted by molar-refractivity contribution is -0.386. The molecule has 98 valence electrons. The molecule has 1 fully saturated rings. The van der Waals surface area contributed by atoms with Gasteiger partial charge in [-0.3, -0.25) is 15.1 Å². The zero-order valence-electron chi connectivity index (χ0n) is 9.76. The molecule has 0 radical (unpaired) electrons. The molecule has 0 atom stereocenters. The molecule has 0 amide bonds. The molecule has 18 heavy (non-hydrogen) atoms. The lowest BCUT2D eigenvalue weighted by Gasteiger charge is -2.22. The van der Waals surface area contributed by atoms with Crippen molar-refractivity contribution in [2.45, 2.75) is 12.8 Å². The van der Waals surface area contributed by atoms with Gasteiger partial charge < -0.3 is 10.1 Å². The summed E-state index contributed by atoms with van der Waals surface area (Å²) in [6.45, 7) is 2.46. The summed E-state index contributed by atoms with van der Waals surface area (Å²) < 4.78 is 6.13. The van der Waals surface area contributed by atoms with Gasteiger partial charge in [-0.25, -0.2) is 0 Å². The van der Waals surface area contributed by atoms with Gasteiger partial charge in [0.25, 0.3) is 0 Å². The van der Waals surface area contributed by atoms with Crippen LogP contribution in [0.2, 0.25) is 0 Å². The molecule has 1 saturated heterocycles. The third kappa shape index (κ3) is 3.17. The Kier molecular flexibility index (Phi) is 4.48. The first-order valence-electron chi connectivity index (χ1n) is 5.80. The normalized spacial score (nSPS) is 16.5. The monoisotopic (exact) mass is 315 g/mol. The SMILES string of the molecule is O=[N+]([O-])c1cncc(Br)c1OCC1CCNCC1. The molecular formula is C11H14BrN3O3. The van der Waals surface area contributed by atoms with E-state index in [4.69, 9.17) is 4.74 Å². The molecule has 7 heteroatoms. The topological polar surface area (TPSA) is 77.3 Å². The van der Waals surface area contributed by atoms with E-state index in [9.17, 15) is 10.1 Å². The third-order valence-corrected chi connectivity index (χ3v) is 3.52. The highest BCUT2D eigenvalue weighted by molar-refractivity contribution is 9.10. The molecule has 2 rings (SSSR count). The Bertz CT molecular complexity index is 436. The summed E-state index contributed by atoms with van der Waals surface area (Å²) >= 11 is 3.24. The number of pyridine rings is 1. The number of nitrogens with one attached hydrogen (secondary N) is 1. The Hall–Kier alpha value is -1.21. The minimum absolute atomic E-state index is 0.0988. The molecule has 2 heterocycles. The van der Waals surface area contributed by atoms with Crippen molar-refractivity contribution in [3.63, 3.8) is 0 Å². The number of ether oxygens (including phenoxy) is 1. The van der Waals surface area contributed by atoms with Gasteiger partial charge in [0.15, 0.2) is 0 Å². The lowest BCUT2D eigenvalue weighted by atomic mass is 9.99. The number of piperidine rings is 1. The van der Waals surface area contributed by atoms with Crippen molar-refractivity contribution < 1.29 is 9.66 Å². The predicted molar refractivity (Wildman–Crippen MR) is 69.7 cm³/mol. The van der Waals surface area contributed by atoms with Gasteiger partial charge in [-0.1, -0.05) is 0 Å². The van der Waals surface area contributed by atoms with E-state index in [2.05, 4.69) is 26.2 Å². The van der Waals surface area contributed by atoms with Gasteiger partial charge >= 0.3 is 5.69 Å². The molecule has 1 aliphatic rings. The zero-order valence-corrected chi connectivity index (χ0v) is 11.4. The minimum Gasteiger partial charge on any atom is -0.486 e. The number of rotatable bonds is 4. The number of aromatic nitrogens is 1. The second kappa shape index (κ2) is 6.10. The van der Waals surface area contributed by atoms with Crippen molar-refractivity contribution >= 4 is 21.6 Å². The predicted octanol–water partition coefficient (Wildman–Crippen LogP) is 2.13. The highest BCUT2D eigenvalue weighted by Crippen LogP contribution is 2.34. The number of hydrogen-bond donors (Lipinski definition) is 1. The standard InChI is InChI=1S/C11H14BrN3O3/c12-9-5-14-6-10(15(16)17)11(9)18-7-8-1-3-13-4-2-8/h5-6,8,13H,1-4,7H2. The van der Waals surface area contributed by atoms with E-state index >= 15 is 0 Å². The molecule has 0 unspecified atom stereocenters.